The van der Waals surface area contributed by atoms with Crippen molar-refractivity contribution >= 4 is 11.4 Å². The Morgan fingerprint density at radius 2 is 1.38 bits per heavy atom. The first-order valence-corrected chi connectivity index (χ1v) is 8.61. The van der Waals surface area contributed by atoms with Gasteiger partial charge in [0, 0.05) is 23.3 Å². The van der Waals surface area contributed by atoms with Crippen LogP contribution in [0.5, 0.6) is 11.5 Å². The molecule has 0 saturated heterocycles. The number of benzene rings is 2. The lowest BCUT2D eigenvalue weighted by Gasteiger charge is -2.04. The number of hydrogen-bond donors (Lipinski definition) is 0. The third-order valence-corrected chi connectivity index (χ3v) is 3.76. The maximum absolute atomic E-state index is 10.6. The molecule has 0 heterocycles. The molecule has 0 aliphatic carbocycles. The minimum absolute atomic E-state index is 0.0943. The fourth-order valence-corrected chi connectivity index (χ4v) is 2.39. The summed E-state index contributed by atoms with van der Waals surface area (Å²) in [6, 6.07) is 9.09. The van der Waals surface area contributed by atoms with Crippen molar-refractivity contribution in [1.29, 1.82) is 0 Å². The van der Waals surface area contributed by atoms with Gasteiger partial charge in [0.1, 0.15) is 24.2 Å². The van der Waals surface area contributed by atoms with E-state index in [1.54, 1.807) is 18.2 Å². The maximum Gasteiger partial charge on any atom is 0.272 e. The van der Waals surface area contributed by atoms with E-state index in [0.717, 1.165) is 0 Å². The van der Waals surface area contributed by atoms with Crippen LogP contribution in [0.1, 0.15) is 25.0 Å². The lowest BCUT2D eigenvalue weighted by atomic mass is 10.1. The van der Waals surface area contributed by atoms with Crippen LogP contribution in [0.2, 0.25) is 0 Å². The molecule has 0 atom stereocenters. The summed E-state index contributed by atoms with van der Waals surface area (Å²) < 4.78 is 9.96. The fourth-order valence-electron chi connectivity index (χ4n) is 2.39. The Morgan fingerprint density at radius 1 is 0.897 bits per heavy atom. The molecule has 2 aromatic carbocycles. The van der Waals surface area contributed by atoms with Gasteiger partial charge in [-0.1, -0.05) is 26.2 Å². The summed E-state index contributed by atoms with van der Waals surface area (Å²) in [5.74, 6) is 3.35. The average molecular weight is 396 g/mol. The Morgan fingerprint density at radius 3 is 1.79 bits per heavy atom. The number of aryl methyl sites for hydroxylation is 2. The Hall–Kier alpha value is -4.04. The Bertz CT molecular complexity index is 957. The van der Waals surface area contributed by atoms with Crippen molar-refractivity contribution in [1.82, 2.24) is 0 Å². The number of ether oxygens (including phenoxy) is 2. The van der Waals surface area contributed by atoms with E-state index in [4.69, 9.17) is 22.3 Å². The van der Waals surface area contributed by atoms with E-state index >= 15 is 0 Å². The molecule has 8 heteroatoms. The second-order valence-corrected chi connectivity index (χ2v) is 5.52. The summed E-state index contributed by atoms with van der Waals surface area (Å²) >= 11 is 0. The van der Waals surface area contributed by atoms with Crippen molar-refractivity contribution in [2.75, 3.05) is 6.61 Å². The minimum atomic E-state index is -0.418. The fraction of sp³-hybridized carbons (Fsp3) is 0.238. The van der Waals surface area contributed by atoms with Crippen LogP contribution in [0.15, 0.2) is 36.4 Å². The van der Waals surface area contributed by atoms with Gasteiger partial charge in [-0.2, -0.15) is 0 Å². The molecule has 2 rings (SSSR count). The maximum atomic E-state index is 10.6. The minimum Gasteiger partial charge on any atom is -0.481 e. The zero-order valence-electron chi connectivity index (χ0n) is 16.1. The lowest BCUT2D eigenvalue weighted by Crippen LogP contribution is -1.97. The predicted molar refractivity (Wildman–Crippen MR) is 109 cm³/mol. The van der Waals surface area contributed by atoms with Gasteiger partial charge in [-0.25, -0.2) is 0 Å². The van der Waals surface area contributed by atoms with E-state index in [9.17, 15) is 20.2 Å². The number of terminal acetylenes is 2. The van der Waals surface area contributed by atoms with Gasteiger partial charge in [0.2, 0.25) is 0 Å². The molecule has 0 spiro atoms. The van der Waals surface area contributed by atoms with Crippen LogP contribution in [-0.2, 0) is 12.8 Å². The SMILES string of the molecule is C#CCOc1ccc([N+](=O)[O-])c(CC)c1.C#COc1ccc([N+](=O)[O-])c(CC)c1. The van der Waals surface area contributed by atoms with Crippen molar-refractivity contribution < 1.29 is 19.3 Å². The Kier molecular flexibility index (Phi) is 9.22. The Labute approximate surface area is 168 Å². The highest BCUT2D eigenvalue weighted by molar-refractivity contribution is 5.46. The summed E-state index contributed by atoms with van der Waals surface area (Å²) in [5.41, 5.74) is 1.47. The van der Waals surface area contributed by atoms with Crippen molar-refractivity contribution in [3.63, 3.8) is 0 Å². The van der Waals surface area contributed by atoms with Crippen LogP contribution < -0.4 is 9.47 Å². The monoisotopic (exact) mass is 396 g/mol. The molecule has 8 nitrogen and oxygen atoms in total. The van der Waals surface area contributed by atoms with Crippen molar-refractivity contribution in [3.8, 4) is 36.4 Å². The molecule has 0 aromatic heterocycles. The summed E-state index contributed by atoms with van der Waals surface area (Å²) in [5, 5.41) is 21.2. The number of rotatable bonds is 7. The third kappa shape index (κ3) is 6.89. The van der Waals surface area contributed by atoms with Crippen LogP contribution in [0.25, 0.3) is 0 Å². The highest BCUT2D eigenvalue weighted by Gasteiger charge is 2.13. The zero-order chi connectivity index (χ0) is 21.8. The highest BCUT2D eigenvalue weighted by atomic mass is 16.6. The largest absolute Gasteiger partial charge is 0.481 e. The van der Waals surface area contributed by atoms with Crippen molar-refractivity contribution in [2.45, 2.75) is 26.7 Å². The first-order chi connectivity index (χ1) is 13.9. The van der Waals surface area contributed by atoms with Crippen molar-refractivity contribution in [3.05, 3.63) is 67.8 Å². The Balaban J connectivity index is 0.000000291. The molecule has 0 radical (unpaired) electrons. The molecule has 0 N–H and O–H groups in total. The molecular formula is C21H20N2O6. The van der Waals surface area contributed by atoms with E-state index < -0.39 is 9.85 Å². The molecular weight excluding hydrogens is 376 g/mol. The predicted octanol–water partition coefficient (Wildman–Crippen LogP) is 4.30. The van der Waals surface area contributed by atoms with Gasteiger partial charge in [-0.15, -0.1) is 6.42 Å². The molecule has 0 amide bonds. The third-order valence-electron chi connectivity index (χ3n) is 3.76. The number of nitro groups is 2. The van der Waals surface area contributed by atoms with E-state index in [1.165, 1.54) is 18.2 Å². The molecule has 150 valence electrons. The van der Waals surface area contributed by atoms with Gasteiger partial charge >= 0.3 is 0 Å². The second-order valence-electron chi connectivity index (χ2n) is 5.52. The first-order valence-electron chi connectivity index (χ1n) is 8.61. The molecule has 29 heavy (non-hydrogen) atoms. The smallest absolute Gasteiger partial charge is 0.272 e. The van der Waals surface area contributed by atoms with Crippen LogP contribution in [0.3, 0.4) is 0 Å². The number of hydrogen-bond acceptors (Lipinski definition) is 6. The molecule has 0 aliphatic heterocycles. The van der Waals surface area contributed by atoms with Crippen LogP contribution >= 0.6 is 0 Å². The normalized spacial score (nSPS) is 9.24. The summed E-state index contributed by atoms with van der Waals surface area (Å²) in [4.78, 5) is 20.4. The van der Waals surface area contributed by atoms with Crippen LogP contribution in [0.4, 0.5) is 11.4 Å². The molecule has 0 aliphatic rings. The van der Waals surface area contributed by atoms with Gasteiger partial charge in [0.25, 0.3) is 11.4 Å². The first kappa shape index (κ1) is 23.0. The molecule has 0 bridgehead atoms. The second kappa shape index (κ2) is 11.6. The number of nitrogens with zero attached hydrogens (tertiary/aromatic N) is 2. The summed E-state index contributed by atoms with van der Waals surface area (Å²) in [7, 11) is 0. The van der Waals surface area contributed by atoms with E-state index in [0.29, 0.717) is 35.5 Å². The van der Waals surface area contributed by atoms with E-state index in [1.807, 2.05) is 20.0 Å². The van der Waals surface area contributed by atoms with Gasteiger partial charge in [-0.05, 0) is 37.1 Å². The van der Waals surface area contributed by atoms with Crippen molar-refractivity contribution in [2.24, 2.45) is 0 Å². The molecule has 0 unspecified atom stereocenters. The zero-order valence-corrected chi connectivity index (χ0v) is 16.1. The molecule has 2 aromatic rings. The van der Waals surface area contributed by atoms with Crippen LogP contribution in [0, 0.1) is 45.1 Å². The quantitative estimate of drug-likeness (QED) is 0.393. The van der Waals surface area contributed by atoms with Gasteiger partial charge < -0.3 is 9.47 Å². The average Bonchev–Trinajstić information content (AvgIpc) is 2.72. The highest BCUT2D eigenvalue weighted by Crippen LogP contribution is 2.25. The lowest BCUT2D eigenvalue weighted by molar-refractivity contribution is -0.385. The number of nitro benzene ring substituents is 2. The summed E-state index contributed by atoms with van der Waals surface area (Å²) in [6.07, 6.45) is 13.2. The topological polar surface area (TPSA) is 105 Å². The van der Waals surface area contributed by atoms with E-state index in [2.05, 4.69) is 5.92 Å². The molecule has 0 saturated carbocycles. The van der Waals surface area contributed by atoms with Gasteiger partial charge in [-0.3, -0.25) is 20.2 Å². The standard InChI is InChI=1S/C11H11NO3.C10H9NO3/c1-3-7-15-10-5-6-11(12(13)14)9(4-2)8-10;1-3-8-7-9(14-4-2)5-6-10(8)11(12)13/h1,5-6,8H,4,7H2,2H3;2,5-7H,3H2,1H3. The molecule has 0 fully saturated rings. The summed E-state index contributed by atoms with van der Waals surface area (Å²) in [6.45, 7) is 3.86. The van der Waals surface area contributed by atoms with Gasteiger partial charge in [0.15, 0.2) is 0 Å². The van der Waals surface area contributed by atoms with E-state index in [-0.39, 0.29) is 18.0 Å². The van der Waals surface area contributed by atoms with Crippen LogP contribution in [-0.4, -0.2) is 16.5 Å². The van der Waals surface area contributed by atoms with Gasteiger partial charge in [0.05, 0.1) is 9.85 Å².